The number of rotatable bonds is 6. The minimum absolute atomic E-state index is 0.177. The van der Waals surface area contributed by atoms with E-state index < -0.39 is 0 Å². The maximum Gasteiger partial charge on any atom is 0.338 e. The Labute approximate surface area is 146 Å². The third-order valence-corrected chi connectivity index (χ3v) is 3.57. The van der Waals surface area contributed by atoms with E-state index in [0.717, 1.165) is 11.3 Å². The highest BCUT2D eigenvalue weighted by Crippen LogP contribution is 2.22. The maximum absolute atomic E-state index is 12.1. The van der Waals surface area contributed by atoms with Crippen molar-refractivity contribution in [1.82, 2.24) is 0 Å². The second-order valence-electron chi connectivity index (χ2n) is 5.37. The summed E-state index contributed by atoms with van der Waals surface area (Å²) in [5.74, 6) is 1.78. The van der Waals surface area contributed by atoms with Gasteiger partial charge in [0.1, 0.15) is 23.9 Å². The number of benzene rings is 3. The van der Waals surface area contributed by atoms with Gasteiger partial charge >= 0.3 is 5.97 Å². The lowest BCUT2D eigenvalue weighted by atomic mass is 10.2. The minimum atomic E-state index is -0.378. The Kier molecular flexibility index (Phi) is 5.32. The van der Waals surface area contributed by atoms with Crippen LogP contribution in [0.15, 0.2) is 78.9 Å². The molecule has 0 saturated carbocycles. The van der Waals surface area contributed by atoms with E-state index in [9.17, 15) is 4.79 Å². The summed E-state index contributed by atoms with van der Waals surface area (Å²) in [7, 11) is 1.58. The zero-order valence-electron chi connectivity index (χ0n) is 13.8. The van der Waals surface area contributed by atoms with Crippen molar-refractivity contribution in [2.24, 2.45) is 0 Å². The molecule has 0 N–H and O–H groups in total. The molecule has 0 saturated heterocycles. The number of methoxy groups -OCH3 is 1. The summed E-state index contributed by atoms with van der Waals surface area (Å²) in [6.07, 6.45) is 0. The summed E-state index contributed by atoms with van der Waals surface area (Å²) in [5, 5.41) is 0. The quantitative estimate of drug-likeness (QED) is 0.605. The predicted molar refractivity (Wildman–Crippen MR) is 95.1 cm³/mol. The van der Waals surface area contributed by atoms with Crippen LogP contribution in [0, 0.1) is 0 Å². The van der Waals surface area contributed by atoms with Crippen LogP contribution in [0.25, 0.3) is 0 Å². The first-order chi connectivity index (χ1) is 12.2. The Morgan fingerprint density at radius 3 is 2.24 bits per heavy atom. The topological polar surface area (TPSA) is 44.8 Å². The summed E-state index contributed by atoms with van der Waals surface area (Å²) in [6.45, 7) is 0.177. The number of esters is 1. The molecule has 0 amide bonds. The van der Waals surface area contributed by atoms with Crippen LogP contribution >= 0.6 is 0 Å². The first kappa shape index (κ1) is 16.6. The lowest BCUT2D eigenvalue weighted by Gasteiger charge is -2.09. The zero-order valence-corrected chi connectivity index (χ0v) is 13.8. The number of para-hydroxylation sites is 1. The lowest BCUT2D eigenvalue weighted by molar-refractivity contribution is 0.0472. The van der Waals surface area contributed by atoms with Crippen molar-refractivity contribution in [3.63, 3.8) is 0 Å². The van der Waals surface area contributed by atoms with Crippen LogP contribution in [0.2, 0.25) is 0 Å². The van der Waals surface area contributed by atoms with Gasteiger partial charge in [-0.1, -0.05) is 30.3 Å². The van der Waals surface area contributed by atoms with Crippen LogP contribution in [0.4, 0.5) is 0 Å². The molecule has 0 unspecified atom stereocenters. The van der Waals surface area contributed by atoms with Crippen molar-refractivity contribution in [1.29, 1.82) is 0 Å². The van der Waals surface area contributed by atoms with Crippen molar-refractivity contribution in [2.75, 3.05) is 7.11 Å². The van der Waals surface area contributed by atoms with E-state index >= 15 is 0 Å². The number of carbonyl (C=O) groups is 1. The smallest absolute Gasteiger partial charge is 0.338 e. The summed E-state index contributed by atoms with van der Waals surface area (Å²) < 4.78 is 16.2. The van der Waals surface area contributed by atoms with Crippen LogP contribution in [0.3, 0.4) is 0 Å². The standard InChI is InChI=1S/C21H18O4/c1-23-18-12-10-17(11-13-18)21(22)24-15-16-6-5-9-20(14-16)25-19-7-3-2-4-8-19/h2-14H,15H2,1H3. The van der Waals surface area contributed by atoms with E-state index in [1.807, 2.05) is 54.6 Å². The van der Waals surface area contributed by atoms with Gasteiger partial charge in [0.25, 0.3) is 0 Å². The van der Waals surface area contributed by atoms with Crippen LogP contribution < -0.4 is 9.47 Å². The molecule has 0 aliphatic heterocycles. The first-order valence-electron chi connectivity index (χ1n) is 7.87. The fourth-order valence-corrected chi connectivity index (χ4v) is 2.28. The van der Waals surface area contributed by atoms with Gasteiger partial charge in [-0.2, -0.15) is 0 Å². The van der Waals surface area contributed by atoms with Gasteiger partial charge in [-0.15, -0.1) is 0 Å². The van der Waals surface area contributed by atoms with Gasteiger partial charge in [-0.3, -0.25) is 0 Å². The summed E-state index contributed by atoms with van der Waals surface area (Å²) >= 11 is 0. The molecule has 0 aromatic heterocycles. The van der Waals surface area contributed by atoms with Crippen molar-refractivity contribution in [3.05, 3.63) is 90.0 Å². The molecular weight excluding hydrogens is 316 g/mol. The monoisotopic (exact) mass is 334 g/mol. The first-order valence-corrected chi connectivity index (χ1v) is 7.87. The van der Waals surface area contributed by atoms with Crippen LogP contribution in [-0.2, 0) is 11.3 Å². The predicted octanol–water partition coefficient (Wildman–Crippen LogP) is 4.84. The average molecular weight is 334 g/mol. The van der Waals surface area contributed by atoms with Gasteiger partial charge in [0, 0.05) is 0 Å². The van der Waals surface area contributed by atoms with Gasteiger partial charge in [0.15, 0.2) is 0 Å². The molecule has 0 spiro atoms. The third-order valence-electron chi connectivity index (χ3n) is 3.57. The third kappa shape index (κ3) is 4.61. The Morgan fingerprint density at radius 1 is 0.800 bits per heavy atom. The number of carbonyl (C=O) groups excluding carboxylic acids is 1. The van der Waals surface area contributed by atoms with Gasteiger partial charge in [0.2, 0.25) is 0 Å². The molecule has 25 heavy (non-hydrogen) atoms. The average Bonchev–Trinajstić information content (AvgIpc) is 2.67. The highest BCUT2D eigenvalue weighted by Gasteiger charge is 2.08. The van der Waals surface area contributed by atoms with E-state index in [4.69, 9.17) is 14.2 Å². The molecular formula is C21H18O4. The molecule has 4 nitrogen and oxygen atoms in total. The molecule has 0 atom stereocenters. The Balaban J connectivity index is 1.61. The molecule has 4 heteroatoms. The highest BCUT2D eigenvalue weighted by atomic mass is 16.5. The molecule has 126 valence electrons. The number of ether oxygens (including phenoxy) is 3. The molecule has 0 heterocycles. The van der Waals surface area contributed by atoms with E-state index in [1.54, 1.807) is 31.4 Å². The normalized spacial score (nSPS) is 10.1. The fourth-order valence-electron chi connectivity index (χ4n) is 2.28. The van der Waals surface area contributed by atoms with Crippen molar-refractivity contribution >= 4 is 5.97 Å². The zero-order chi connectivity index (χ0) is 17.5. The van der Waals surface area contributed by atoms with Gasteiger partial charge in [0.05, 0.1) is 12.7 Å². The number of hydrogen-bond acceptors (Lipinski definition) is 4. The van der Waals surface area contributed by atoms with Crippen LogP contribution in [-0.4, -0.2) is 13.1 Å². The molecule has 0 aliphatic carbocycles. The molecule has 0 aliphatic rings. The summed E-state index contributed by atoms with van der Waals surface area (Å²) in [5.41, 5.74) is 1.34. The second kappa shape index (κ2) is 8.02. The Hall–Kier alpha value is -3.27. The fraction of sp³-hybridized carbons (Fsp3) is 0.0952. The molecule has 3 rings (SSSR count). The molecule has 3 aromatic carbocycles. The van der Waals surface area contributed by atoms with Crippen molar-refractivity contribution < 1.29 is 19.0 Å². The van der Waals surface area contributed by atoms with E-state index in [-0.39, 0.29) is 12.6 Å². The Bertz CT molecular complexity index is 826. The van der Waals surface area contributed by atoms with Crippen LogP contribution in [0.5, 0.6) is 17.2 Å². The minimum Gasteiger partial charge on any atom is -0.497 e. The van der Waals surface area contributed by atoms with Gasteiger partial charge in [-0.05, 0) is 54.1 Å². The molecule has 0 bridgehead atoms. The van der Waals surface area contributed by atoms with Crippen molar-refractivity contribution in [2.45, 2.75) is 6.61 Å². The SMILES string of the molecule is COc1ccc(C(=O)OCc2cccc(Oc3ccccc3)c2)cc1. The second-order valence-corrected chi connectivity index (χ2v) is 5.37. The van der Waals surface area contributed by atoms with Gasteiger partial charge in [-0.25, -0.2) is 4.79 Å². The van der Waals surface area contributed by atoms with Crippen molar-refractivity contribution in [3.8, 4) is 17.2 Å². The molecule has 0 fully saturated rings. The Morgan fingerprint density at radius 2 is 1.52 bits per heavy atom. The molecule has 0 radical (unpaired) electrons. The largest absolute Gasteiger partial charge is 0.497 e. The summed E-state index contributed by atoms with van der Waals surface area (Å²) in [4.78, 5) is 12.1. The van der Waals surface area contributed by atoms with Crippen LogP contribution in [0.1, 0.15) is 15.9 Å². The lowest BCUT2D eigenvalue weighted by Crippen LogP contribution is -2.05. The highest BCUT2D eigenvalue weighted by molar-refractivity contribution is 5.89. The van der Waals surface area contributed by atoms with E-state index in [1.165, 1.54) is 0 Å². The maximum atomic E-state index is 12.1. The van der Waals surface area contributed by atoms with E-state index in [0.29, 0.717) is 17.1 Å². The summed E-state index contributed by atoms with van der Waals surface area (Å²) in [6, 6.07) is 23.8. The van der Waals surface area contributed by atoms with E-state index in [2.05, 4.69) is 0 Å². The number of hydrogen-bond donors (Lipinski definition) is 0. The molecule has 3 aromatic rings. The van der Waals surface area contributed by atoms with Gasteiger partial charge < -0.3 is 14.2 Å².